The van der Waals surface area contributed by atoms with Gasteiger partial charge in [-0.05, 0) is 30.9 Å². The van der Waals surface area contributed by atoms with Gasteiger partial charge in [-0.3, -0.25) is 0 Å². The highest BCUT2D eigenvalue weighted by Gasteiger charge is 1.96. The lowest BCUT2D eigenvalue weighted by atomic mass is 10.1. The smallest absolute Gasteiger partial charge is 0.100 e. The normalized spacial score (nSPS) is 12.6. The summed E-state index contributed by atoms with van der Waals surface area (Å²) in [4.78, 5) is 0. The maximum atomic E-state index is 12.8. The third kappa shape index (κ3) is 6.64. The molecule has 0 aromatic rings. The van der Waals surface area contributed by atoms with Crippen molar-refractivity contribution in [3.63, 3.8) is 0 Å². The van der Waals surface area contributed by atoms with Crippen molar-refractivity contribution in [3.8, 4) is 0 Å². The summed E-state index contributed by atoms with van der Waals surface area (Å²) in [6.45, 7) is 13.1. The van der Waals surface area contributed by atoms with Gasteiger partial charge in [-0.25, -0.2) is 4.39 Å². The van der Waals surface area contributed by atoms with Gasteiger partial charge in [-0.2, -0.15) is 0 Å². The van der Waals surface area contributed by atoms with E-state index in [1.165, 1.54) is 6.92 Å². The standard InChI is InChI=1S/C11H17F.C2H6/c1-5-10(6-2)8-11(7-3)9(4)12;1-2/h5,8H,1,6-7H2,2-4H3;1-2H3/b10-8+,11-9+;. The summed E-state index contributed by atoms with van der Waals surface area (Å²) in [7, 11) is 0. The quantitative estimate of drug-likeness (QED) is 0.545. The molecule has 0 saturated heterocycles. The first-order valence-electron chi connectivity index (χ1n) is 5.33. The van der Waals surface area contributed by atoms with Gasteiger partial charge in [0.1, 0.15) is 5.83 Å². The van der Waals surface area contributed by atoms with Crippen LogP contribution in [0.15, 0.2) is 35.7 Å². The number of halogens is 1. The Hall–Kier alpha value is -0.850. The molecule has 82 valence electrons. The third-order valence-electron chi connectivity index (χ3n) is 1.85. The van der Waals surface area contributed by atoms with Crippen LogP contribution < -0.4 is 0 Å². The summed E-state index contributed by atoms with van der Waals surface area (Å²) in [5.41, 5.74) is 1.86. The summed E-state index contributed by atoms with van der Waals surface area (Å²) >= 11 is 0. The molecular weight excluding hydrogens is 175 g/mol. The summed E-state index contributed by atoms with van der Waals surface area (Å²) in [5, 5.41) is 0. The van der Waals surface area contributed by atoms with E-state index < -0.39 is 0 Å². The van der Waals surface area contributed by atoms with Crippen molar-refractivity contribution in [3.05, 3.63) is 35.7 Å². The molecule has 0 unspecified atom stereocenters. The third-order valence-corrected chi connectivity index (χ3v) is 1.85. The van der Waals surface area contributed by atoms with E-state index in [2.05, 4.69) is 6.58 Å². The van der Waals surface area contributed by atoms with E-state index in [1.54, 1.807) is 6.08 Å². The predicted octanol–water partition coefficient (Wildman–Crippen LogP) is 5.19. The first kappa shape index (κ1) is 15.6. The molecule has 1 heteroatoms. The Morgan fingerprint density at radius 1 is 1.21 bits per heavy atom. The Balaban J connectivity index is 0. The van der Waals surface area contributed by atoms with Crippen molar-refractivity contribution in [2.24, 2.45) is 0 Å². The molecule has 0 N–H and O–H groups in total. The van der Waals surface area contributed by atoms with Gasteiger partial charge in [0.25, 0.3) is 0 Å². The fraction of sp³-hybridized carbons (Fsp3) is 0.538. The van der Waals surface area contributed by atoms with Crippen LogP contribution in [0.5, 0.6) is 0 Å². The molecule has 0 rings (SSSR count). The first-order chi connectivity index (χ1) is 6.65. The lowest BCUT2D eigenvalue weighted by Gasteiger charge is -2.00. The minimum Gasteiger partial charge on any atom is -0.212 e. The molecular formula is C13H23F. The summed E-state index contributed by atoms with van der Waals surface area (Å²) in [6.07, 6.45) is 5.29. The Bertz CT molecular complexity index is 205. The molecule has 14 heavy (non-hydrogen) atoms. The Kier molecular flexibility index (Phi) is 11.4. The number of hydrogen-bond acceptors (Lipinski definition) is 0. The SMILES string of the molecule is C=C/C(=C\C(CC)=C(/C)F)CC.CC. The van der Waals surface area contributed by atoms with Crippen LogP contribution in [0.2, 0.25) is 0 Å². The number of allylic oxidation sites excluding steroid dienone is 5. The molecule has 0 aliphatic rings. The van der Waals surface area contributed by atoms with Crippen molar-refractivity contribution >= 4 is 0 Å². The van der Waals surface area contributed by atoms with Gasteiger partial charge in [0.2, 0.25) is 0 Å². The monoisotopic (exact) mass is 198 g/mol. The zero-order chi connectivity index (χ0) is 11.6. The largest absolute Gasteiger partial charge is 0.212 e. The van der Waals surface area contributed by atoms with Crippen LogP contribution >= 0.6 is 0 Å². The fourth-order valence-corrected chi connectivity index (χ4v) is 0.974. The Morgan fingerprint density at radius 3 is 1.93 bits per heavy atom. The Morgan fingerprint density at radius 2 is 1.71 bits per heavy atom. The average Bonchev–Trinajstić information content (AvgIpc) is 2.22. The van der Waals surface area contributed by atoms with Crippen molar-refractivity contribution in [2.45, 2.75) is 47.5 Å². The van der Waals surface area contributed by atoms with Gasteiger partial charge in [-0.1, -0.05) is 46.4 Å². The lowest BCUT2D eigenvalue weighted by molar-refractivity contribution is 0.626. The van der Waals surface area contributed by atoms with E-state index in [4.69, 9.17) is 0 Å². The molecule has 0 aromatic carbocycles. The first-order valence-corrected chi connectivity index (χ1v) is 5.33. The fourth-order valence-electron chi connectivity index (χ4n) is 0.974. The van der Waals surface area contributed by atoms with Gasteiger partial charge in [0.15, 0.2) is 0 Å². The van der Waals surface area contributed by atoms with Crippen LogP contribution in [0.1, 0.15) is 47.5 Å². The van der Waals surface area contributed by atoms with Gasteiger partial charge >= 0.3 is 0 Å². The number of hydrogen-bond donors (Lipinski definition) is 0. The maximum Gasteiger partial charge on any atom is 0.100 e. The summed E-state index contributed by atoms with van der Waals surface area (Å²) in [5.74, 6) is -0.0923. The molecule has 0 heterocycles. The second kappa shape index (κ2) is 10.2. The van der Waals surface area contributed by atoms with Gasteiger partial charge in [0, 0.05) is 0 Å². The highest BCUT2D eigenvalue weighted by Crippen LogP contribution is 2.15. The Labute approximate surface area is 88.2 Å². The van der Waals surface area contributed by atoms with E-state index in [0.29, 0.717) is 0 Å². The molecule has 0 amide bonds. The van der Waals surface area contributed by atoms with Gasteiger partial charge in [-0.15, -0.1) is 0 Å². The van der Waals surface area contributed by atoms with Gasteiger partial charge in [0.05, 0.1) is 0 Å². The highest BCUT2D eigenvalue weighted by atomic mass is 19.1. The van der Waals surface area contributed by atoms with Crippen LogP contribution in [0.4, 0.5) is 4.39 Å². The summed E-state index contributed by atoms with van der Waals surface area (Å²) < 4.78 is 12.8. The van der Waals surface area contributed by atoms with Crippen LogP contribution in [-0.4, -0.2) is 0 Å². The molecule has 0 fully saturated rings. The van der Waals surface area contributed by atoms with E-state index in [0.717, 1.165) is 24.0 Å². The molecule has 0 nitrogen and oxygen atoms in total. The highest BCUT2D eigenvalue weighted by molar-refractivity contribution is 5.30. The molecule has 0 bridgehead atoms. The van der Waals surface area contributed by atoms with E-state index >= 15 is 0 Å². The van der Waals surface area contributed by atoms with E-state index in [-0.39, 0.29) is 5.83 Å². The second-order valence-electron chi connectivity index (χ2n) is 2.69. The minimum atomic E-state index is -0.0923. The second-order valence-corrected chi connectivity index (χ2v) is 2.69. The lowest BCUT2D eigenvalue weighted by Crippen LogP contribution is -1.82. The van der Waals surface area contributed by atoms with Crippen LogP contribution in [0.25, 0.3) is 0 Å². The molecule has 0 saturated carbocycles. The zero-order valence-electron chi connectivity index (χ0n) is 10.2. The van der Waals surface area contributed by atoms with Crippen molar-refractivity contribution < 1.29 is 4.39 Å². The number of rotatable bonds is 4. The molecule has 0 aliphatic carbocycles. The van der Waals surface area contributed by atoms with Crippen LogP contribution in [0.3, 0.4) is 0 Å². The summed E-state index contributed by atoms with van der Waals surface area (Å²) in [6, 6.07) is 0. The molecule has 0 atom stereocenters. The zero-order valence-corrected chi connectivity index (χ0v) is 10.2. The van der Waals surface area contributed by atoms with Crippen molar-refractivity contribution in [1.82, 2.24) is 0 Å². The van der Waals surface area contributed by atoms with E-state index in [9.17, 15) is 4.39 Å². The molecule has 0 aromatic heterocycles. The molecule has 0 radical (unpaired) electrons. The topological polar surface area (TPSA) is 0 Å². The average molecular weight is 198 g/mol. The minimum absolute atomic E-state index is 0.0923. The van der Waals surface area contributed by atoms with Crippen molar-refractivity contribution in [2.75, 3.05) is 0 Å². The van der Waals surface area contributed by atoms with Crippen LogP contribution in [-0.2, 0) is 0 Å². The van der Waals surface area contributed by atoms with Crippen LogP contribution in [0, 0.1) is 0 Å². The van der Waals surface area contributed by atoms with Gasteiger partial charge < -0.3 is 0 Å². The molecule has 0 spiro atoms. The predicted molar refractivity (Wildman–Crippen MR) is 64.0 cm³/mol. The van der Waals surface area contributed by atoms with E-state index in [1.807, 2.05) is 33.8 Å². The van der Waals surface area contributed by atoms with Crippen molar-refractivity contribution in [1.29, 1.82) is 0 Å². The maximum absolute atomic E-state index is 12.8. The molecule has 0 aliphatic heterocycles.